The first-order chi connectivity index (χ1) is 7.72. The highest BCUT2D eigenvalue weighted by Crippen LogP contribution is 2.16. The van der Waals surface area contributed by atoms with Crippen LogP contribution in [0.4, 0.5) is 0 Å². The standard InChI is InChI=1S/C12H23NO3/c1-2-10(14)7-8-13-12(15)6-5-11-4-3-9-16-11/h10-11,14H,2-9H2,1H3,(H,13,15). The highest BCUT2D eigenvalue weighted by atomic mass is 16.5. The zero-order chi connectivity index (χ0) is 11.8. The van der Waals surface area contributed by atoms with Crippen LogP contribution in [0.2, 0.25) is 0 Å². The Bertz CT molecular complexity index is 202. The van der Waals surface area contributed by atoms with Gasteiger partial charge in [-0.25, -0.2) is 0 Å². The van der Waals surface area contributed by atoms with Crippen LogP contribution in [-0.4, -0.2) is 36.4 Å². The lowest BCUT2D eigenvalue weighted by Gasteiger charge is -2.10. The van der Waals surface area contributed by atoms with Crippen LogP contribution in [-0.2, 0) is 9.53 Å². The van der Waals surface area contributed by atoms with Gasteiger partial charge in [-0.3, -0.25) is 4.79 Å². The Kier molecular flexibility index (Phi) is 6.42. The zero-order valence-electron chi connectivity index (χ0n) is 10.1. The highest BCUT2D eigenvalue weighted by molar-refractivity contribution is 5.75. The van der Waals surface area contributed by atoms with Crippen molar-refractivity contribution in [2.45, 2.75) is 57.7 Å². The molecule has 94 valence electrons. The van der Waals surface area contributed by atoms with Crippen LogP contribution in [0.3, 0.4) is 0 Å². The quantitative estimate of drug-likeness (QED) is 0.690. The summed E-state index contributed by atoms with van der Waals surface area (Å²) in [6, 6.07) is 0. The van der Waals surface area contributed by atoms with Gasteiger partial charge in [-0.2, -0.15) is 0 Å². The Hall–Kier alpha value is -0.610. The Balaban J connectivity index is 1.97. The summed E-state index contributed by atoms with van der Waals surface area (Å²) >= 11 is 0. The SMILES string of the molecule is CCC(O)CCNC(=O)CCC1CCCO1. The van der Waals surface area contributed by atoms with Crippen molar-refractivity contribution in [2.24, 2.45) is 0 Å². The molecule has 2 unspecified atom stereocenters. The molecule has 2 atom stereocenters. The van der Waals surface area contributed by atoms with Gasteiger partial charge < -0.3 is 15.2 Å². The molecule has 1 aliphatic heterocycles. The highest BCUT2D eigenvalue weighted by Gasteiger charge is 2.16. The first kappa shape index (κ1) is 13.5. The number of amides is 1. The number of ether oxygens (including phenoxy) is 1. The second-order valence-electron chi connectivity index (χ2n) is 4.37. The fraction of sp³-hybridized carbons (Fsp3) is 0.917. The first-order valence-electron chi connectivity index (χ1n) is 6.28. The minimum absolute atomic E-state index is 0.0683. The summed E-state index contributed by atoms with van der Waals surface area (Å²) in [4.78, 5) is 11.4. The van der Waals surface area contributed by atoms with E-state index in [2.05, 4.69) is 5.32 Å². The van der Waals surface area contributed by atoms with Gasteiger partial charge >= 0.3 is 0 Å². The van der Waals surface area contributed by atoms with E-state index in [4.69, 9.17) is 4.74 Å². The van der Waals surface area contributed by atoms with E-state index >= 15 is 0 Å². The summed E-state index contributed by atoms with van der Waals surface area (Å²) in [6.45, 7) is 3.35. The van der Waals surface area contributed by atoms with Crippen molar-refractivity contribution in [2.75, 3.05) is 13.2 Å². The fourth-order valence-corrected chi connectivity index (χ4v) is 1.83. The normalized spacial score (nSPS) is 22.0. The molecule has 1 heterocycles. The average Bonchev–Trinajstić information content (AvgIpc) is 2.79. The average molecular weight is 229 g/mol. The van der Waals surface area contributed by atoms with Crippen molar-refractivity contribution >= 4 is 5.91 Å². The predicted octanol–water partition coefficient (Wildman–Crippen LogP) is 1.22. The van der Waals surface area contributed by atoms with Crippen molar-refractivity contribution in [1.29, 1.82) is 0 Å². The Morgan fingerprint density at radius 1 is 1.62 bits per heavy atom. The van der Waals surface area contributed by atoms with Gasteiger partial charge in [-0.15, -0.1) is 0 Å². The second kappa shape index (κ2) is 7.63. The van der Waals surface area contributed by atoms with Crippen LogP contribution in [0, 0.1) is 0 Å². The minimum atomic E-state index is -0.293. The van der Waals surface area contributed by atoms with E-state index in [-0.39, 0.29) is 18.1 Å². The van der Waals surface area contributed by atoms with Crippen LogP contribution in [0.1, 0.15) is 45.4 Å². The summed E-state index contributed by atoms with van der Waals surface area (Å²) in [6.07, 6.45) is 4.94. The number of aliphatic hydroxyl groups excluding tert-OH is 1. The molecule has 0 saturated carbocycles. The van der Waals surface area contributed by atoms with Gasteiger partial charge in [0.2, 0.25) is 5.91 Å². The van der Waals surface area contributed by atoms with Gasteiger partial charge in [-0.05, 0) is 32.1 Å². The minimum Gasteiger partial charge on any atom is -0.393 e. The van der Waals surface area contributed by atoms with Crippen molar-refractivity contribution in [3.8, 4) is 0 Å². The second-order valence-corrected chi connectivity index (χ2v) is 4.37. The molecule has 4 heteroatoms. The van der Waals surface area contributed by atoms with E-state index in [1.807, 2.05) is 6.92 Å². The van der Waals surface area contributed by atoms with E-state index in [1.54, 1.807) is 0 Å². The summed E-state index contributed by atoms with van der Waals surface area (Å²) in [5.41, 5.74) is 0. The van der Waals surface area contributed by atoms with Gasteiger partial charge in [0.15, 0.2) is 0 Å². The van der Waals surface area contributed by atoms with E-state index in [0.29, 0.717) is 19.4 Å². The third-order valence-electron chi connectivity index (χ3n) is 2.99. The molecule has 0 bridgehead atoms. The third kappa shape index (κ3) is 5.47. The number of rotatable bonds is 7. The molecule has 0 aromatic carbocycles. The first-order valence-corrected chi connectivity index (χ1v) is 6.28. The smallest absolute Gasteiger partial charge is 0.220 e. The lowest BCUT2D eigenvalue weighted by Crippen LogP contribution is -2.27. The zero-order valence-corrected chi connectivity index (χ0v) is 10.1. The van der Waals surface area contributed by atoms with Gasteiger partial charge in [0.1, 0.15) is 0 Å². The van der Waals surface area contributed by atoms with Crippen LogP contribution in [0.15, 0.2) is 0 Å². The van der Waals surface area contributed by atoms with E-state index in [1.165, 1.54) is 0 Å². The lowest BCUT2D eigenvalue weighted by molar-refractivity contribution is -0.121. The van der Waals surface area contributed by atoms with Crippen LogP contribution < -0.4 is 5.32 Å². The number of carbonyl (C=O) groups excluding carboxylic acids is 1. The molecule has 0 spiro atoms. The maximum absolute atomic E-state index is 11.4. The van der Waals surface area contributed by atoms with Crippen molar-refractivity contribution in [1.82, 2.24) is 5.32 Å². The Labute approximate surface area is 97.4 Å². The lowest BCUT2D eigenvalue weighted by atomic mass is 10.1. The third-order valence-corrected chi connectivity index (χ3v) is 2.99. The molecule has 0 aromatic heterocycles. The number of nitrogens with one attached hydrogen (secondary N) is 1. The van der Waals surface area contributed by atoms with Crippen molar-refractivity contribution < 1.29 is 14.6 Å². The van der Waals surface area contributed by atoms with E-state index in [9.17, 15) is 9.90 Å². The molecular weight excluding hydrogens is 206 g/mol. The molecule has 4 nitrogen and oxygen atoms in total. The molecule has 1 rings (SSSR count). The molecule has 1 amide bonds. The Morgan fingerprint density at radius 3 is 3.06 bits per heavy atom. The van der Waals surface area contributed by atoms with Crippen molar-refractivity contribution in [3.63, 3.8) is 0 Å². The van der Waals surface area contributed by atoms with Crippen molar-refractivity contribution in [3.05, 3.63) is 0 Å². The Morgan fingerprint density at radius 2 is 2.44 bits per heavy atom. The number of carbonyl (C=O) groups is 1. The largest absolute Gasteiger partial charge is 0.393 e. The summed E-state index contributed by atoms with van der Waals surface area (Å²) in [7, 11) is 0. The summed E-state index contributed by atoms with van der Waals surface area (Å²) < 4.78 is 5.44. The molecule has 2 N–H and O–H groups in total. The van der Waals surface area contributed by atoms with Gasteiger partial charge in [-0.1, -0.05) is 6.92 Å². The van der Waals surface area contributed by atoms with Gasteiger partial charge in [0, 0.05) is 19.6 Å². The maximum Gasteiger partial charge on any atom is 0.220 e. The summed E-state index contributed by atoms with van der Waals surface area (Å²) in [5.74, 6) is 0.0683. The molecule has 0 radical (unpaired) electrons. The molecule has 1 fully saturated rings. The molecule has 1 aliphatic rings. The van der Waals surface area contributed by atoms with E-state index < -0.39 is 0 Å². The van der Waals surface area contributed by atoms with Gasteiger partial charge in [0.25, 0.3) is 0 Å². The molecule has 1 saturated heterocycles. The van der Waals surface area contributed by atoms with Crippen LogP contribution >= 0.6 is 0 Å². The number of hydrogen-bond acceptors (Lipinski definition) is 3. The monoisotopic (exact) mass is 229 g/mol. The van der Waals surface area contributed by atoms with Gasteiger partial charge in [0.05, 0.1) is 12.2 Å². The topological polar surface area (TPSA) is 58.6 Å². The molecular formula is C12H23NO3. The number of aliphatic hydroxyl groups is 1. The summed E-state index contributed by atoms with van der Waals surface area (Å²) in [5, 5.41) is 12.1. The predicted molar refractivity (Wildman–Crippen MR) is 62.1 cm³/mol. The fourth-order valence-electron chi connectivity index (χ4n) is 1.83. The van der Waals surface area contributed by atoms with Crippen LogP contribution in [0.25, 0.3) is 0 Å². The number of hydrogen-bond donors (Lipinski definition) is 2. The molecule has 0 aromatic rings. The van der Waals surface area contributed by atoms with Crippen LogP contribution in [0.5, 0.6) is 0 Å². The van der Waals surface area contributed by atoms with E-state index in [0.717, 1.165) is 32.3 Å². The molecule has 0 aliphatic carbocycles. The maximum atomic E-state index is 11.4. The molecule has 16 heavy (non-hydrogen) atoms.